The van der Waals surface area contributed by atoms with E-state index in [1.54, 1.807) is 44.6 Å². The number of esters is 1. The number of methoxy groups -OCH3 is 5. The smallest absolute Gasteiger partial charge is 0.307 e. The van der Waals surface area contributed by atoms with Crippen molar-refractivity contribution in [2.75, 3.05) is 35.5 Å². The molecule has 0 spiro atoms. The molecule has 2 aromatic rings. The van der Waals surface area contributed by atoms with Gasteiger partial charge >= 0.3 is 5.97 Å². The first-order chi connectivity index (χ1) is 14.9. The van der Waals surface area contributed by atoms with Crippen LogP contribution in [0.15, 0.2) is 36.4 Å². The monoisotopic (exact) mass is 431 g/mol. The van der Waals surface area contributed by atoms with E-state index in [0.29, 0.717) is 35.0 Å². The third kappa shape index (κ3) is 6.53. The average Bonchev–Trinajstić information content (AvgIpc) is 2.81. The standard InChI is InChI=1S/C23H29NO7/c1-27-17-8-10-19(28-2)16(12-17)7-11-22(25)24-18(14-23(26)31-5)15-6-9-20(29-3)21(13-15)30-4/h6,8-10,12-13,18H,7,11,14H2,1-5H3,(H,24,25). The maximum absolute atomic E-state index is 12.7. The largest absolute Gasteiger partial charge is 0.497 e. The Hall–Kier alpha value is -3.42. The average molecular weight is 431 g/mol. The molecule has 31 heavy (non-hydrogen) atoms. The van der Waals surface area contributed by atoms with E-state index < -0.39 is 12.0 Å². The minimum absolute atomic E-state index is 0.0137. The Morgan fingerprint density at radius 1 is 0.839 bits per heavy atom. The molecule has 1 unspecified atom stereocenters. The highest BCUT2D eigenvalue weighted by atomic mass is 16.5. The van der Waals surface area contributed by atoms with E-state index in [9.17, 15) is 9.59 Å². The Labute approximate surface area is 182 Å². The Morgan fingerprint density at radius 2 is 1.52 bits per heavy atom. The molecule has 168 valence electrons. The molecule has 0 saturated heterocycles. The molecule has 1 N–H and O–H groups in total. The summed E-state index contributed by atoms with van der Waals surface area (Å²) in [5, 5.41) is 2.92. The predicted molar refractivity (Wildman–Crippen MR) is 115 cm³/mol. The summed E-state index contributed by atoms with van der Waals surface area (Å²) in [6.07, 6.45) is 0.637. The third-order valence-corrected chi connectivity index (χ3v) is 4.85. The molecule has 0 heterocycles. The van der Waals surface area contributed by atoms with Crippen molar-refractivity contribution in [1.29, 1.82) is 0 Å². The normalized spacial score (nSPS) is 11.3. The van der Waals surface area contributed by atoms with Gasteiger partial charge < -0.3 is 29.0 Å². The number of carbonyl (C=O) groups is 2. The van der Waals surface area contributed by atoms with Crippen LogP contribution >= 0.6 is 0 Å². The maximum Gasteiger partial charge on any atom is 0.307 e. The quantitative estimate of drug-likeness (QED) is 0.547. The second kappa shape index (κ2) is 11.7. The minimum Gasteiger partial charge on any atom is -0.497 e. The number of aryl methyl sites for hydroxylation is 1. The first-order valence-corrected chi connectivity index (χ1v) is 9.74. The first kappa shape index (κ1) is 23.9. The van der Waals surface area contributed by atoms with E-state index in [4.69, 9.17) is 23.7 Å². The van der Waals surface area contributed by atoms with Crippen LogP contribution in [0.25, 0.3) is 0 Å². The lowest BCUT2D eigenvalue weighted by Crippen LogP contribution is -2.30. The molecule has 2 rings (SSSR count). The van der Waals surface area contributed by atoms with E-state index in [1.807, 2.05) is 6.07 Å². The summed E-state index contributed by atoms with van der Waals surface area (Å²) in [4.78, 5) is 24.6. The Kier molecular flexibility index (Phi) is 8.99. The van der Waals surface area contributed by atoms with E-state index in [-0.39, 0.29) is 18.7 Å². The number of rotatable bonds is 11. The molecule has 0 aliphatic carbocycles. The summed E-state index contributed by atoms with van der Waals surface area (Å²) in [5.74, 6) is 1.78. The van der Waals surface area contributed by atoms with Gasteiger partial charge in [-0.1, -0.05) is 6.07 Å². The van der Waals surface area contributed by atoms with Crippen LogP contribution in [-0.2, 0) is 20.7 Å². The fraction of sp³-hybridized carbons (Fsp3) is 0.391. The van der Waals surface area contributed by atoms with Crippen LogP contribution in [0.2, 0.25) is 0 Å². The highest BCUT2D eigenvalue weighted by molar-refractivity contribution is 5.78. The second-order valence-electron chi connectivity index (χ2n) is 6.69. The lowest BCUT2D eigenvalue weighted by atomic mass is 10.0. The van der Waals surface area contributed by atoms with Crippen molar-refractivity contribution in [3.8, 4) is 23.0 Å². The molecule has 0 radical (unpaired) electrons. The van der Waals surface area contributed by atoms with Crippen molar-refractivity contribution in [3.63, 3.8) is 0 Å². The van der Waals surface area contributed by atoms with E-state index in [2.05, 4.69) is 5.32 Å². The Bertz CT molecular complexity index is 897. The van der Waals surface area contributed by atoms with Gasteiger partial charge in [-0.15, -0.1) is 0 Å². The third-order valence-electron chi connectivity index (χ3n) is 4.85. The number of ether oxygens (including phenoxy) is 5. The first-order valence-electron chi connectivity index (χ1n) is 9.74. The zero-order valence-corrected chi connectivity index (χ0v) is 18.5. The molecule has 0 saturated carbocycles. The molecule has 0 fully saturated rings. The van der Waals surface area contributed by atoms with Gasteiger partial charge in [0.05, 0.1) is 48.0 Å². The lowest BCUT2D eigenvalue weighted by molar-refractivity contribution is -0.141. The van der Waals surface area contributed by atoms with Crippen LogP contribution in [0.5, 0.6) is 23.0 Å². The molecule has 0 aromatic heterocycles. The molecule has 0 aliphatic heterocycles. The van der Waals surface area contributed by atoms with Gasteiger partial charge in [-0.2, -0.15) is 0 Å². The van der Waals surface area contributed by atoms with Gasteiger partial charge in [0.15, 0.2) is 11.5 Å². The summed E-state index contributed by atoms with van der Waals surface area (Å²) >= 11 is 0. The molecule has 1 atom stereocenters. The molecule has 8 nitrogen and oxygen atoms in total. The summed E-state index contributed by atoms with van der Waals surface area (Å²) in [6.45, 7) is 0. The van der Waals surface area contributed by atoms with Gasteiger partial charge in [-0.05, 0) is 47.9 Å². The van der Waals surface area contributed by atoms with Gasteiger partial charge in [0.25, 0.3) is 0 Å². The van der Waals surface area contributed by atoms with Crippen molar-refractivity contribution in [2.24, 2.45) is 0 Å². The second-order valence-corrected chi connectivity index (χ2v) is 6.69. The highest BCUT2D eigenvalue weighted by Crippen LogP contribution is 2.31. The lowest BCUT2D eigenvalue weighted by Gasteiger charge is -2.20. The fourth-order valence-electron chi connectivity index (χ4n) is 3.16. The van der Waals surface area contributed by atoms with Crippen LogP contribution in [-0.4, -0.2) is 47.4 Å². The van der Waals surface area contributed by atoms with E-state index in [1.165, 1.54) is 21.3 Å². The van der Waals surface area contributed by atoms with Crippen LogP contribution < -0.4 is 24.3 Å². The zero-order chi connectivity index (χ0) is 22.8. The van der Waals surface area contributed by atoms with Crippen molar-refractivity contribution in [2.45, 2.75) is 25.3 Å². The fourth-order valence-corrected chi connectivity index (χ4v) is 3.16. The van der Waals surface area contributed by atoms with Gasteiger partial charge in [-0.25, -0.2) is 0 Å². The molecule has 0 bridgehead atoms. The van der Waals surface area contributed by atoms with Gasteiger partial charge in [0.2, 0.25) is 5.91 Å². The number of amides is 1. The van der Waals surface area contributed by atoms with Crippen molar-refractivity contribution >= 4 is 11.9 Å². The topological polar surface area (TPSA) is 92.3 Å². The highest BCUT2D eigenvalue weighted by Gasteiger charge is 2.21. The molecule has 8 heteroatoms. The Balaban J connectivity index is 2.16. The summed E-state index contributed by atoms with van der Waals surface area (Å²) in [5.41, 5.74) is 1.56. The van der Waals surface area contributed by atoms with Gasteiger partial charge in [0, 0.05) is 6.42 Å². The number of hydrogen-bond donors (Lipinski definition) is 1. The molecular weight excluding hydrogens is 402 g/mol. The van der Waals surface area contributed by atoms with E-state index in [0.717, 1.165) is 5.56 Å². The Morgan fingerprint density at radius 3 is 2.13 bits per heavy atom. The summed E-state index contributed by atoms with van der Waals surface area (Å²) in [6, 6.07) is 10.1. The number of benzene rings is 2. The van der Waals surface area contributed by atoms with Crippen LogP contribution in [0.1, 0.15) is 30.0 Å². The van der Waals surface area contributed by atoms with Crippen molar-refractivity contribution in [1.82, 2.24) is 5.32 Å². The molecule has 2 aromatic carbocycles. The van der Waals surface area contributed by atoms with E-state index >= 15 is 0 Å². The summed E-state index contributed by atoms with van der Waals surface area (Å²) < 4.78 is 26.0. The predicted octanol–water partition coefficient (Wildman–Crippen LogP) is 3.07. The number of carbonyl (C=O) groups excluding carboxylic acids is 2. The van der Waals surface area contributed by atoms with Crippen LogP contribution in [0.4, 0.5) is 0 Å². The van der Waals surface area contributed by atoms with Gasteiger partial charge in [-0.3, -0.25) is 9.59 Å². The molecular formula is C23H29NO7. The zero-order valence-electron chi connectivity index (χ0n) is 18.5. The maximum atomic E-state index is 12.7. The molecule has 1 amide bonds. The summed E-state index contributed by atoms with van der Waals surface area (Å²) in [7, 11) is 7.54. The SMILES string of the molecule is COC(=O)CC(NC(=O)CCc1cc(OC)ccc1OC)c1ccc(OC)c(OC)c1. The number of nitrogens with one attached hydrogen (secondary N) is 1. The van der Waals surface area contributed by atoms with Crippen LogP contribution in [0, 0.1) is 0 Å². The number of hydrogen-bond acceptors (Lipinski definition) is 7. The van der Waals surface area contributed by atoms with Crippen molar-refractivity contribution < 1.29 is 33.3 Å². The van der Waals surface area contributed by atoms with Crippen LogP contribution in [0.3, 0.4) is 0 Å². The van der Waals surface area contributed by atoms with Crippen molar-refractivity contribution in [3.05, 3.63) is 47.5 Å². The molecule has 0 aliphatic rings. The van der Waals surface area contributed by atoms with Gasteiger partial charge in [0.1, 0.15) is 11.5 Å². The minimum atomic E-state index is -0.577.